The van der Waals surface area contributed by atoms with Crippen molar-refractivity contribution < 1.29 is 27.4 Å². The first-order chi connectivity index (χ1) is 13.2. The fourth-order valence-corrected chi connectivity index (χ4v) is 3.86. The highest BCUT2D eigenvalue weighted by molar-refractivity contribution is 7.92. The molecular formula is C19H24N2O6S. The Balaban J connectivity index is 2.33. The molecule has 152 valence electrons. The first-order valence-electron chi connectivity index (χ1n) is 8.37. The van der Waals surface area contributed by atoms with Crippen molar-refractivity contribution in [1.29, 1.82) is 0 Å². The van der Waals surface area contributed by atoms with Crippen molar-refractivity contribution >= 4 is 27.3 Å². The topological polar surface area (TPSA) is 94.2 Å². The molecule has 2 aromatic rings. The van der Waals surface area contributed by atoms with Gasteiger partial charge in [-0.2, -0.15) is 0 Å². The van der Waals surface area contributed by atoms with Crippen molar-refractivity contribution in [3.8, 4) is 17.2 Å². The smallest absolute Gasteiger partial charge is 0.247 e. The Kier molecular flexibility index (Phi) is 6.74. The molecule has 0 saturated carbocycles. The molecule has 0 bridgehead atoms. The van der Waals surface area contributed by atoms with E-state index in [0.717, 1.165) is 10.6 Å². The number of carbonyl (C=O) groups excluding carboxylic acids is 1. The van der Waals surface area contributed by atoms with E-state index in [1.54, 1.807) is 43.5 Å². The van der Waals surface area contributed by atoms with Gasteiger partial charge >= 0.3 is 0 Å². The van der Waals surface area contributed by atoms with Crippen LogP contribution in [0.3, 0.4) is 0 Å². The predicted molar refractivity (Wildman–Crippen MR) is 108 cm³/mol. The summed E-state index contributed by atoms with van der Waals surface area (Å²) in [5.74, 6) is 0.978. The van der Waals surface area contributed by atoms with Crippen LogP contribution >= 0.6 is 0 Å². The van der Waals surface area contributed by atoms with Gasteiger partial charge in [-0.3, -0.25) is 9.10 Å². The third-order valence-electron chi connectivity index (χ3n) is 4.07. The van der Waals surface area contributed by atoms with Crippen molar-refractivity contribution in [3.63, 3.8) is 0 Å². The number of methoxy groups -OCH3 is 3. The van der Waals surface area contributed by atoms with Crippen LogP contribution in [0.1, 0.15) is 6.92 Å². The number of amides is 1. The van der Waals surface area contributed by atoms with Crippen LogP contribution < -0.4 is 23.8 Å². The summed E-state index contributed by atoms with van der Waals surface area (Å²) >= 11 is 0. The standard InChI is InChI=1S/C19H24N2O6S/c1-13(19(22)20-14-6-9-16(25-2)10-7-14)21(28(5,23)24)15-8-11-17(26-3)18(12-15)27-4/h6-13H,1-5H3,(H,20,22). The van der Waals surface area contributed by atoms with Gasteiger partial charge in [0.25, 0.3) is 0 Å². The molecule has 1 amide bonds. The highest BCUT2D eigenvalue weighted by Gasteiger charge is 2.30. The Bertz CT molecular complexity index is 928. The third-order valence-corrected chi connectivity index (χ3v) is 5.31. The van der Waals surface area contributed by atoms with Crippen LogP contribution in [0.5, 0.6) is 17.2 Å². The van der Waals surface area contributed by atoms with Gasteiger partial charge in [-0.15, -0.1) is 0 Å². The number of rotatable bonds is 8. The van der Waals surface area contributed by atoms with E-state index >= 15 is 0 Å². The predicted octanol–water partition coefficient (Wildman–Crippen LogP) is 2.51. The van der Waals surface area contributed by atoms with Crippen LogP contribution in [0.15, 0.2) is 42.5 Å². The number of ether oxygens (including phenoxy) is 3. The second kappa shape index (κ2) is 8.83. The lowest BCUT2D eigenvalue weighted by Crippen LogP contribution is -2.45. The van der Waals surface area contributed by atoms with Gasteiger partial charge in [0.15, 0.2) is 11.5 Å². The monoisotopic (exact) mass is 408 g/mol. The molecule has 0 saturated heterocycles. The van der Waals surface area contributed by atoms with E-state index in [1.165, 1.54) is 27.2 Å². The molecule has 2 aromatic carbocycles. The maximum absolute atomic E-state index is 12.7. The minimum absolute atomic E-state index is 0.289. The van der Waals surface area contributed by atoms with E-state index in [-0.39, 0.29) is 5.69 Å². The maximum Gasteiger partial charge on any atom is 0.247 e. The van der Waals surface area contributed by atoms with E-state index in [1.807, 2.05) is 0 Å². The second-order valence-corrected chi connectivity index (χ2v) is 7.85. The fraction of sp³-hybridized carbons (Fsp3) is 0.316. The van der Waals surface area contributed by atoms with Crippen LogP contribution in [0, 0.1) is 0 Å². The molecule has 0 aliphatic rings. The SMILES string of the molecule is COc1ccc(NC(=O)C(C)N(c2ccc(OC)c(OC)c2)S(C)(=O)=O)cc1. The quantitative estimate of drug-likeness (QED) is 0.721. The molecule has 9 heteroatoms. The Hall–Kier alpha value is -2.94. The van der Waals surface area contributed by atoms with Crippen molar-refractivity contribution in [1.82, 2.24) is 0 Å². The number of benzene rings is 2. The van der Waals surface area contributed by atoms with Crippen molar-refractivity contribution in [2.75, 3.05) is 37.2 Å². The van der Waals surface area contributed by atoms with Crippen molar-refractivity contribution in [2.24, 2.45) is 0 Å². The van der Waals surface area contributed by atoms with Crippen LogP contribution in [0.25, 0.3) is 0 Å². The highest BCUT2D eigenvalue weighted by atomic mass is 32.2. The zero-order chi connectivity index (χ0) is 20.9. The zero-order valence-electron chi connectivity index (χ0n) is 16.4. The molecule has 1 N–H and O–H groups in total. The summed E-state index contributed by atoms with van der Waals surface area (Å²) in [5.41, 5.74) is 0.816. The largest absolute Gasteiger partial charge is 0.497 e. The summed E-state index contributed by atoms with van der Waals surface area (Å²) in [6.07, 6.45) is 1.04. The minimum Gasteiger partial charge on any atom is -0.497 e. The lowest BCUT2D eigenvalue weighted by molar-refractivity contribution is -0.116. The molecule has 0 spiro atoms. The highest BCUT2D eigenvalue weighted by Crippen LogP contribution is 2.33. The molecule has 8 nitrogen and oxygen atoms in total. The van der Waals surface area contributed by atoms with Gasteiger partial charge in [-0.05, 0) is 43.3 Å². The molecule has 0 aliphatic carbocycles. The lowest BCUT2D eigenvalue weighted by atomic mass is 10.2. The number of hydrogen-bond donors (Lipinski definition) is 1. The molecule has 2 rings (SSSR count). The molecule has 0 radical (unpaired) electrons. The summed E-state index contributed by atoms with van der Waals surface area (Å²) in [7, 11) is 0.724. The zero-order valence-corrected chi connectivity index (χ0v) is 17.2. The van der Waals surface area contributed by atoms with Crippen molar-refractivity contribution in [2.45, 2.75) is 13.0 Å². The van der Waals surface area contributed by atoms with Gasteiger partial charge in [0, 0.05) is 11.8 Å². The molecule has 1 unspecified atom stereocenters. The maximum atomic E-state index is 12.7. The second-order valence-electron chi connectivity index (χ2n) is 5.99. The molecule has 0 aromatic heterocycles. The molecule has 0 heterocycles. The number of carbonyl (C=O) groups is 1. The van der Waals surface area contributed by atoms with Crippen molar-refractivity contribution in [3.05, 3.63) is 42.5 Å². The number of sulfonamides is 1. The first kappa shape index (κ1) is 21.4. The van der Waals surface area contributed by atoms with Gasteiger partial charge in [0.2, 0.25) is 15.9 Å². The lowest BCUT2D eigenvalue weighted by Gasteiger charge is -2.28. The number of nitrogens with one attached hydrogen (secondary N) is 1. The van der Waals surface area contributed by atoms with Gasteiger partial charge < -0.3 is 19.5 Å². The number of hydrogen-bond acceptors (Lipinski definition) is 6. The minimum atomic E-state index is -3.75. The van der Waals surface area contributed by atoms with Crippen LogP contribution in [0.2, 0.25) is 0 Å². The van der Waals surface area contributed by atoms with Gasteiger partial charge in [0.05, 0.1) is 33.3 Å². The Morgan fingerprint density at radius 1 is 0.964 bits per heavy atom. The molecule has 28 heavy (non-hydrogen) atoms. The average Bonchev–Trinajstić information content (AvgIpc) is 2.67. The normalized spacial score (nSPS) is 12.0. The molecular weight excluding hydrogens is 384 g/mol. The van der Waals surface area contributed by atoms with E-state index in [2.05, 4.69) is 5.32 Å². The van der Waals surface area contributed by atoms with E-state index in [9.17, 15) is 13.2 Å². The molecule has 1 atom stereocenters. The van der Waals surface area contributed by atoms with E-state index < -0.39 is 22.0 Å². The van der Waals surface area contributed by atoms with Gasteiger partial charge in [-0.25, -0.2) is 8.42 Å². The Morgan fingerprint density at radius 2 is 1.57 bits per heavy atom. The number of anilines is 2. The summed E-state index contributed by atoms with van der Waals surface area (Å²) in [6.45, 7) is 1.51. The van der Waals surface area contributed by atoms with Crippen LogP contribution in [-0.2, 0) is 14.8 Å². The third kappa shape index (κ3) is 4.86. The first-order valence-corrected chi connectivity index (χ1v) is 10.2. The summed E-state index contributed by atoms with van der Waals surface area (Å²) in [5, 5.41) is 2.71. The van der Waals surface area contributed by atoms with Crippen LogP contribution in [0.4, 0.5) is 11.4 Å². The summed E-state index contributed by atoms with van der Waals surface area (Å²) < 4.78 is 41.4. The summed E-state index contributed by atoms with van der Waals surface area (Å²) in [6, 6.07) is 10.4. The summed E-state index contributed by atoms with van der Waals surface area (Å²) in [4.78, 5) is 12.7. The van der Waals surface area contributed by atoms with E-state index in [0.29, 0.717) is 22.9 Å². The molecule has 0 aliphatic heterocycles. The van der Waals surface area contributed by atoms with Gasteiger partial charge in [0.1, 0.15) is 11.8 Å². The fourth-order valence-electron chi connectivity index (χ4n) is 2.69. The number of nitrogens with zero attached hydrogens (tertiary/aromatic N) is 1. The Morgan fingerprint density at radius 3 is 2.07 bits per heavy atom. The average molecular weight is 408 g/mol. The molecule has 0 fully saturated rings. The van der Waals surface area contributed by atoms with Crippen LogP contribution in [-0.4, -0.2) is 48.0 Å². The van der Waals surface area contributed by atoms with E-state index in [4.69, 9.17) is 14.2 Å². The van der Waals surface area contributed by atoms with Gasteiger partial charge in [-0.1, -0.05) is 0 Å². The Labute approximate surface area is 165 Å².